The molecule has 2 rings (SSSR count). The van der Waals surface area contributed by atoms with Gasteiger partial charge in [-0.25, -0.2) is 0 Å². The van der Waals surface area contributed by atoms with E-state index in [0.29, 0.717) is 0 Å². The lowest BCUT2D eigenvalue weighted by atomic mass is 9.85. The standard InChI is InChI=1S/C14H27N/c1-3-12-8-6-10-14(12)15-13-9-5-4-7-11(13)2/h11-15H,3-10H2,1-2H3. The largest absolute Gasteiger partial charge is 0.311 e. The molecule has 4 atom stereocenters. The summed E-state index contributed by atoms with van der Waals surface area (Å²) in [6.07, 6.45) is 11.5. The Morgan fingerprint density at radius 2 is 1.67 bits per heavy atom. The minimum absolute atomic E-state index is 0.830. The Kier molecular flexibility index (Phi) is 4.07. The molecule has 15 heavy (non-hydrogen) atoms. The monoisotopic (exact) mass is 209 g/mol. The first kappa shape index (κ1) is 11.4. The van der Waals surface area contributed by atoms with Crippen molar-refractivity contribution in [2.45, 2.75) is 77.3 Å². The predicted molar refractivity (Wildman–Crippen MR) is 66.0 cm³/mol. The Balaban J connectivity index is 1.84. The fourth-order valence-corrected chi connectivity index (χ4v) is 3.58. The minimum Gasteiger partial charge on any atom is -0.311 e. The van der Waals surface area contributed by atoms with Gasteiger partial charge in [-0.3, -0.25) is 0 Å². The van der Waals surface area contributed by atoms with Crippen molar-refractivity contribution in [3.05, 3.63) is 0 Å². The maximum Gasteiger partial charge on any atom is 0.00979 e. The zero-order valence-electron chi connectivity index (χ0n) is 10.5. The summed E-state index contributed by atoms with van der Waals surface area (Å²) < 4.78 is 0. The highest BCUT2D eigenvalue weighted by Gasteiger charge is 2.30. The van der Waals surface area contributed by atoms with Crippen LogP contribution in [-0.2, 0) is 0 Å². The van der Waals surface area contributed by atoms with Crippen LogP contribution in [0.25, 0.3) is 0 Å². The predicted octanol–water partition coefficient (Wildman–Crippen LogP) is 3.73. The highest BCUT2D eigenvalue weighted by molar-refractivity contribution is 4.88. The summed E-state index contributed by atoms with van der Waals surface area (Å²) in [5.41, 5.74) is 0. The second-order valence-corrected chi connectivity index (χ2v) is 5.74. The van der Waals surface area contributed by atoms with E-state index < -0.39 is 0 Å². The summed E-state index contributed by atoms with van der Waals surface area (Å²) in [5.74, 6) is 1.89. The van der Waals surface area contributed by atoms with Crippen molar-refractivity contribution in [2.75, 3.05) is 0 Å². The summed E-state index contributed by atoms with van der Waals surface area (Å²) in [4.78, 5) is 0. The van der Waals surface area contributed by atoms with Gasteiger partial charge >= 0.3 is 0 Å². The summed E-state index contributed by atoms with van der Waals surface area (Å²) in [6, 6.07) is 1.68. The molecular formula is C14H27N. The normalized spacial score (nSPS) is 42.0. The Morgan fingerprint density at radius 1 is 0.933 bits per heavy atom. The van der Waals surface area contributed by atoms with Crippen molar-refractivity contribution >= 4 is 0 Å². The average molecular weight is 209 g/mol. The quantitative estimate of drug-likeness (QED) is 0.747. The van der Waals surface area contributed by atoms with Crippen molar-refractivity contribution in [3.8, 4) is 0 Å². The minimum atomic E-state index is 0.830. The Morgan fingerprint density at radius 3 is 2.40 bits per heavy atom. The van der Waals surface area contributed by atoms with Crippen LogP contribution in [-0.4, -0.2) is 12.1 Å². The topological polar surface area (TPSA) is 12.0 Å². The molecule has 88 valence electrons. The van der Waals surface area contributed by atoms with E-state index in [0.717, 1.165) is 23.9 Å². The van der Waals surface area contributed by atoms with E-state index in [4.69, 9.17) is 0 Å². The van der Waals surface area contributed by atoms with E-state index in [-0.39, 0.29) is 0 Å². The summed E-state index contributed by atoms with van der Waals surface area (Å²) in [7, 11) is 0. The van der Waals surface area contributed by atoms with Crippen LogP contribution in [0.4, 0.5) is 0 Å². The molecule has 0 aromatic carbocycles. The van der Waals surface area contributed by atoms with Crippen molar-refractivity contribution < 1.29 is 0 Å². The fraction of sp³-hybridized carbons (Fsp3) is 1.00. The van der Waals surface area contributed by atoms with Gasteiger partial charge in [0.05, 0.1) is 0 Å². The van der Waals surface area contributed by atoms with Gasteiger partial charge in [0.2, 0.25) is 0 Å². The molecule has 0 spiro atoms. The molecule has 0 radical (unpaired) electrons. The van der Waals surface area contributed by atoms with Gasteiger partial charge in [0.25, 0.3) is 0 Å². The maximum atomic E-state index is 3.97. The number of rotatable bonds is 3. The van der Waals surface area contributed by atoms with Crippen LogP contribution in [0.3, 0.4) is 0 Å². The smallest absolute Gasteiger partial charge is 0.00979 e. The highest BCUT2D eigenvalue weighted by Crippen LogP contribution is 2.31. The highest BCUT2D eigenvalue weighted by atomic mass is 15.0. The van der Waals surface area contributed by atoms with Crippen LogP contribution < -0.4 is 5.32 Å². The lowest BCUT2D eigenvalue weighted by Gasteiger charge is -2.34. The van der Waals surface area contributed by atoms with Crippen molar-refractivity contribution in [1.82, 2.24) is 5.32 Å². The van der Waals surface area contributed by atoms with Crippen LogP contribution in [0.2, 0.25) is 0 Å². The number of hydrogen-bond donors (Lipinski definition) is 1. The Labute approximate surface area is 95.0 Å². The maximum absolute atomic E-state index is 3.97. The summed E-state index contributed by atoms with van der Waals surface area (Å²) >= 11 is 0. The molecular weight excluding hydrogens is 182 g/mol. The first-order chi connectivity index (χ1) is 7.31. The second-order valence-electron chi connectivity index (χ2n) is 5.74. The first-order valence-electron chi connectivity index (χ1n) is 7.07. The van der Waals surface area contributed by atoms with Crippen LogP contribution in [0.15, 0.2) is 0 Å². The molecule has 2 saturated carbocycles. The van der Waals surface area contributed by atoms with E-state index in [1.54, 1.807) is 0 Å². The zero-order valence-corrected chi connectivity index (χ0v) is 10.5. The third-order valence-corrected chi connectivity index (χ3v) is 4.72. The van der Waals surface area contributed by atoms with Gasteiger partial charge in [-0.2, -0.15) is 0 Å². The molecule has 2 aliphatic carbocycles. The van der Waals surface area contributed by atoms with Crippen LogP contribution in [0.5, 0.6) is 0 Å². The number of hydrogen-bond acceptors (Lipinski definition) is 1. The third-order valence-electron chi connectivity index (χ3n) is 4.72. The van der Waals surface area contributed by atoms with E-state index in [9.17, 15) is 0 Å². The summed E-state index contributed by atoms with van der Waals surface area (Å²) in [5, 5.41) is 3.97. The van der Waals surface area contributed by atoms with Gasteiger partial charge < -0.3 is 5.32 Å². The van der Waals surface area contributed by atoms with Crippen molar-refractivity contribution in [1.29, 1.82) is 0 Å². The molecule has 0 amide bonds. The zero-order chi connectivity index (χ0) is 10.7. The van der Waals surface area contributed by atoms with E-state index in [2.05, 4.69) is 19.2 Å². The van der Waals surface area contributed by atoms with Crippen LogP contribution in [0, 0.1) is 11.8 Å². The SMILES string of the molecule is CCC1CCCC1NC1CCCCC1C. The second kappa shape index (κ2) is 5.34. The fourth-order valence-electron chi connectivity index (χ4n) is 3.58. The first-order valence-corrected chi connectivity index (χ1v) is 7.07. The Hall–Kier alpha value is -0.0400. The lowest BCUT2D eigenvalue weighted by molar-refractivity contribution is 0.237. The van der Waals surface area contributed by atoms with E-state index in [1.165, 1.54) is 51.4 Å². The van der Waals surface area contributed by atoms with Crippen molar-refractivity contribution in [2.24, 2.45) is 11.8 Å². The molecule has 0 bridgehead atoms. The lowest BCUT2D eigenvalue weighted by Crippen LogP contribution is -2.44. The molecule has 0 saturated heterocycles. The average Bonchev–Trinajstić information content (AvgIpc) is 2.69. The Bertz CT molecular complexity index is 190. The molecule has 1 nitrogen and oxygen atoms in total. The molecule has 2 fully saturated rings. The van der Waals surface area contributed by atoms with Gasteiger partial charge in [-0.1, -0.05) is 39.5 Å². The molecule has 0 aromatic heterocycles. The van der Waals surface area contributed by atoms with Crippen LogP contribution >= 0.6 is 0 Å². The number of nitrogens with one attached hydrogen (secondary N) is 1. The van der Waals surface area contributed by atoms with Gasteiger partial charge in [0.15, 0.2) is 0 Å². The molecule has 0 aliphatic heterocycles. The molecule has 1 heteroatoms. The van der Waals surface area contributed by atoms with Crippen molar-refractivity contribution in [3.63, 3.8) is 0 Å². The van der Waals surface area contributed by atoms with Gasteiger partial charge in [0, 0.05) is 12.1 Å². The molecule has 0 heterocycles. The van der Waals surface area contributed by atoms with Gasteiger partial charge in [-0.15, -0.1) is 0 Å². The molecule has 2 aliphatic rings. The molecule has 1 N–H and O–H groups in total. The van der Waals surface area contributed by atoms with Gasteiger partial charge in [0.1, 0.15) is 0 Å². The molecule has 4 unspecified atom stereocenters. The van der Waals surface area contributed by atoms with E-state index >= 15 is 0 Å². The van der Waals surface area contributed by atoms with Crippen LogP contribution in [0.1, 0.15) is 65.2 Å². The third kappa shape index (κ3) is 2.75. The van der Waals surface area contributed by atoms with Gasteiger partial charge in [-0.05, 0) is 37.5 Å². The summed E-state index contributed by atoms with van der Waals surface area (Å²) in [6.45, 7) is 4.79. The molecule has 0 aromatic rings. The van der Waals surface area contributed by atoms with E-state index in [1.807, 2.05) is 0 Å².